The van der Waals surface area contributed by atoms with E-state index >= 15 is 0 Å². The van der Waals surface area contributed by atoms with Crippen molar-refractivity contribution < 1.29 is 4.39 Å². The molecular weight excluding hydrogens is 225 g/mol. The lowest BCUT2D eigenvalue weighted by Gasteiger charge is -2.09. The van der Waals surface area contributed by atoms with Crippen LogP contribution >= 0.6 is 0 Å². The van der Waals surface area contributed by atoms with E-state index in [0.29, 0.717) is 11.1 Å². The molecule has 0 atom stereocenters. The molecule has 88 valence electrons. The summed E-state index contributed by atoms with van der Waals surface area (Å²) in [6, 6.07) is 18.4. The van der Waals surface area contributed by atoms with Crippen molar-refractivity contribution in [3.63, 3.8) is 0 Å². The van der Waals surface area contributed by atoms with E-state index in [0.717, 1.165) is 16.5 Å². The van der Waals surface area contributed by atoms with Crippen LogP contribution in [0.2, 0.25) is 0 Å². The molecule has 0 amide bonds. The van der Waals surface area contributed by atoms with E-state index in [2.05, 4.69) is 0 Å². The molecule has 3 rings (SSSR count). The van der Waals surface area contributed by atoms with E-state index in [9.17, 15) is 4.39 Å². The number of nitrogen functional groups attached to an aromatic ring is 1. The van der Waals surface area contributed by atoms with Crippen LogP contribution in [-0.2, 0) is 0 Å². The highest BCUT2D eigenvalue weighted by Gasteiger charge is 2.08. The van der Waals surface area contributed by atoms with Crippen molar-refractivity contribution in [2.24, 2.45) is 0 Å². The van der Waals surface area contributed by atoms with E-state index in [1.165, 1.54) is 6.07 Å². The Hall–Kier alpha value is -2.35. The number of halogens is 1. The van der Waals surface area contributed by atoms with Gasteiger partial charge in [-0.05, 0) is 23.1 Å². The fourth-order valence-electron chi connectivity index (χ4n) is 2.24. The van der Waals surface area contributed by atoms with Crippen molar-refractivity contribution in [3.8, 4) is 11.1 Å². The summed E-state index contributed by atoms with van der Waals surface area (Å²) < 4.78 is 13.8. The highest BCUT2D eigenvalue weighted by molar-refractivity contribution is 5.99. The van der Waals surface area contributed by atoms with Gasteiger partial charge in [0, 0.05) is 16.6 Å². The van der Waals surface area contributed by atoms with Crippen LogP contribution in [0.1, 0.15) is 0 Å². The summed E-state index contributed by atoms with van der Waals surface area (Å²) in [4.78, 5) is 0. The molecule has 0 aliphatic heterocycles. The quantitative estimate of drug-likeness (QED) is 0.630. The smallest absolute Gasteiger partial charge is 0.131 e. The van der Waals surface area contributed by atoms with Gasteiger partial charge in [0.15, 0.2) is 0 Å². The van der Waals surface area contributed by atoms with Crippen molar-refractivity contribution >= 4 is 16.5 Å². The molecule has 18 heavy (non-hydrogen) atoms. The Balaban J connectivity index is 2.38. The predicted molar refractivity (Wildman–Crippen MR) is 73.8 cm³/mol. The number of nitrogens with two attached hydrogens (primary N) is 1. The normalized spacial score (nSPS) is 10.7. The standard InChI is InChI=1S/C16H12FN/c17-15-10-9-12(11-5-1-2-6-13(11)15)14-7-3-4-8-16(14)18/h1-10H,18H2. The van der Waals surface area contributed by atoms with Crippen molar-refractivity contribution in [2.75, 3.05) is 5.73 Å². The van der Waals surface area contributed by atoms with Gasteiger partial charge in [-0.3, -0.25) is 0 Å². The summed E-state index contributed by atoms with van der Waals surface area (Å²) in [5.74, 6) is -0.205. The molecule has 0 heterocycles. The number of hydrogen-bond donors (Lipinski definition) is 1. The maximum Gasteiger partial charge on any atom is 0.131 e. The lowest BCUT2D eigenvalue weighted by atomic mass is 9.97. The van der Waals surface area contributed by atoms with Gasteiger partial charge in [-0.25, -0.2) is 4.39 Å². The molecule has 0 aromatic heterocycles. The Morgan fingerprint density at radius 1 is 0.667 bits per heavy atom. The van der Waals surface area contributed by atoms with Gasteiger partial charge >= 0.3 is 0 Å². The van der Waals surface area contributed by atoms with Gasteiger partial charge in [-0.2, -0.15) is 0 Å². The highest BCUT2D eigenvalue weighted by Crippen LogP contribution is 2.33. The zero-order valence-corrected chi connectivity index (χ0v) is 9.73. The minimum atomic E-state index is -0.205. The third-order valence-electron chi connectivity index (χ3n) is 3.12. The Kier molecular flexibility index (Phi) is 2.49. The molecule has 0 saturated carbocycles. The van der Waals surface area contributed by atoms with Crippen molar-refractivity contribution in [3.05, 3.63) is 66.5 Å². The Morgan fingerprint density at radius 3 is 2.11 bits per heavy atom. The molecule has 0 saturated heterocycles. The number of hydrogen-bond acceptors (Lipinski definition) is 1. The topological polar surface area (TPSA) is 26.0 Å². The molecular formula is C16H12FN. The van der Waals surface area contributed by atoms with E-state index in [1.807, 2.05) is 42.5 Å². The van der Waals surface area contributed by atoms with E-state index in [4.69, 9.17) is 5.73 Å². The fraction of sp³-hybridized carbons (Fsp3) is 0. The first kappa shape index (κ1) is 10.8. The fourth-order valence-corrected chi connectivity index (χ4v) is 2.24. The monoisotopic (exact) mass is 237 g/mol. The summed E-state index contributed by atoms with van der Waals surface area (Å²) >= 11 is 0. The molecule has 2 N–H and O–H groups in total. The summed E-state index contributed by atoms with van der Waals surface area (Å²) in [6.07, 6.45) is 0. The number of benzene rings is 3. The van der Waals surface area contributed by atoms with Crippen LogP contribution in [-0.4, -0.2) is 0 Å². The van der Waals surface area contributed by atoms with Crippen LogP contribution in [0.5, 0.6) is 0 Å². The van der Waals surface area contributed by atoms with Crippen LogP contribution in [0.25, 0.3) is 21.9 Å². The van der Waals surface area contributed by atoms with Gasteiger partial charge in [-0.15, -0.1) is 0 Å². The Morgan fingerprint density at radius 2 is 1.33 bits per heavy atom. The summed E-state index contributed by atoms with van der Waals surface area (Å²) in [5.41, 5.74) is 8.59. The number of rotatable bonds is 1. The van der Waals surface area contributed by atoms with Gasteiger partial charge in [-0.1, -0.05) is 48.5 Å². The lowest BCUT2D eigenvalue weighted by Crippen LogP contribution is -1.91. The van der Waals surface area contributed by atoms with E-state index in [-0.39, 0.29) is 5.82 Å². The Bertz CT molecular complexity index is 719. The third kappa shape index (κ3) is 1.63. The number of para-hydroxylation sites is 1. The highest BCUT2D eigenvalue weighted by atomic mass is 19.1. The molecule has 0 unspecified atom stereocenters. The average Bonchev–Trinajstić information content (AvgIpc) is 2.41. The maximum atomic E-state index is 13.8. The molecule has 0 aliphatic carbocycles. The molecule has 0 spiro atoms. The van der Waals surface area contributed by atoms with Crippen LogP contribution in [0.4, 0.5) is 10.1 Å². The van der Waals surface area contributed by atoms with Gasteiger partial charge in [0.05, 0.1) is 0 Å². The summed E-state index contributed by atoms with van der Waals surface area (Å²) in [6.45, 7) is 0. The molecule has 1 nitrogen and oxygen atoms in total. The Labute approximate surface area is 105 Å². The minimum absolute atomic E-state index is 0.205. The molecule has 0 bridgehead atoms. The number of fused-ring (bicyclic) bond motifs is 1. The van der Waals surface area contributed by atoms with Gasteiger partial charge in [0.25, 0.3) is 0 Å². The largest absolute Gasteiger partial charge is 0.398 e. The molecule has 0 radical (unpaired) electrons. The van der Waals surface area contributed by atoms with Crippen LogP contribution in [0.3, 0.4) is 0 Å². The van der Waals surface area contributed by atoms with E-state index < -0.39 is 0 Å². The van der Waals surface area contributed by atoms with Crippen LogP contribution in [0, 0.1) is 5.82 Å². The molecule has 0 aliphatic rings. The molecule has 3 aromatic rings. The van der Waals surface area contributed by atoms with E-state index in [1.54, 1.807) is 12.1 Å². The second kappa shape index (κ2) is 4.15. The van der Waals surface area contributed by atoms with Crippen LogP contribution < -0.4 is 5.73 Å². The van der Waals surface area contributed by atoms with Gasteiger partial charge in [0.2, 0.25) is 0 Å². The second-order valence-corrected chi connectivity index (χ2v) is 4.23. The first-order valence-corrected chi connectivity index (χ1v) is 5.79. The third-order valence-corrected chi connectivity index (χ3v) is 3.12. The molecule has 3 aromatic carbocycles. The predicted octanol–water partition coefficient (Wildman–Crippen LogP) is 4.23. The average molecular weight is 237 g/mol. The maximum absolute atomic E-state index is 13.8. The van der Waals surface area contributed by atoms with Crippen molar-refractivity contribution in [1.29, 1.82) is 0 Å². The minimum Gasteiger partial charge on any atom is -0.398 e. The zero-order valence-electron chi connectivity index (χ0n) is 9.73. The van der Waals surface area contributed by atoms with Gasteiger partial charge in [0.1, 0.15) is 5.82 Å². The first-order valence-electron chi connectivity index (χ1n) is 5.79. The van der Waals surface area contributed by atoms with Crippen molar-refractivity contribution in [2.45, 2.75) is 0 Å². The lowest BCUT2D eigenvalue weighted by molar-refractivity contribution is 0.640. The van der Waals surface area contributed by atoms with Crippen LogP contribution in [0.15, 0.2) is 60.7 Å². The summed E-state index contributed by atoms with van der Waals surface area (Å²) in [7, 11) is 0. The zero-order chi connectivity index (χ0) is 12.5. The first-order chi connectivity index (χ1) is 8.77. The second-order valence-electron chi connectivity index (χ2n) is 4.23. The summed E-state index contributed by atoms with van der Waals surface area (Å²) in [5, 5.41) is 1.51. The SMILES string of the molecule is Nc1ccccc1-c1ccc(F)c2ccccc12. The number of anilines is 1. The van der Waals surface area contributed by atoms with Crippen molar-refractivity contribution in [1.82, 2.24) is 0 Å². The molecule has 0 fully saturated rings. The van der Waals surface area contributed by atoms with Gasteiger partial charge < -0.3 is 5.73 Å². The molecule has 2 heteroatoms.